The molecule has 0 spiro atoms. The van der Waals surface area contributed by atoms with E-state index in [4.69, 9.17) is 0 Å². The van der Waals surface area contributed by atoms with Gasteiger partial charge < -0.3 is 5.32 Å². The lowest BCUT2D eigenvalue weighted by Crippen LogP contribution is -2.23. The van der Waals surface area contributed by atoms with Gasteiger partial charge in [0.1, 0.15) is 0 Å². The first kappa shape index (κ1) is 11.4. The molecule has 1 saturated carbocycles. The molecule has 2 aromatic heterocycles. The van der Waals surface area contributed by atoms with Gasteiger partial charge in [0.05, 0.1) is 5.52 Å². The highest BCUT2D eigenvalue weighted by atomic mass is 15.1. The van der Waals surface area contributed by atoms with Crippen molar-refractivity contribution in [2.24, 2.45) is 0 Å². The number of nitrogens with zero attached hydrogens (tertiary/aromatic N) is 3. The van der Waals surface area contributed by atoms with Crippen LogP contribution in [0.4, 0.5) is 5.95 Å². The van der Waals surface area contributed by atoms with E-state index in [1.165, 1.54) is 32.1 Å². The van der Waals surface area contributed by atoms with E-state index in [1.54, 1.807) is 0 Å². The number of fused-ring (bicyclic) bond motifs is 1. The van der Waals surface area contributed by atoms with Gasteiger partial charge in [-0.15, -0.1) is 0 Å². The molecule has 0 aliphatic heterocycles. The van der Waals surface area contributed by atoms with Gasteiger partial charge in [-0.05, 0) is 25.3 Å². The summed E-state index contributed by atoms with van der Waals surface area (Å²) in [7, 11) is 0. The van der Waals surface area contributed by atoms with Crippen LogP contribution in [0.3, 0.4) is 0 Å². The van der Waals surface area contributed by atoms with Gasteiger partial charge in [0.2, 0.25) is 5.95 Å². The van der Waals surface area contributed by atoms with Crippen molar-refractivity contribution < 1.29 is 0 Å². The van der Waals surface area contributed by atoms with Crippen molar-refractivity contribution in [1.29, 1.82) is 0 Å². The monoisotopic (exact) mass is 242 g/mol. The zero-order valence-electron chi connectivity index (χ0n) is 10.7. The number of aryl methyl sites for hydroxylation is 1. The predicted molar refractivity (Wildman–Crippen MR) is 72.6 cm³/mol. The zero-order valence-corrected chi connectivity index (χ0v) is 10.7. The first-order valence-electron chi connectivity index (χ1n) is 6.67. The molecular weight excluding hydrogens is 224 g/mol. The number of hydrogen-bond donors (Lipinski definition) is 1. The van der Waals surface area contributed by atoms with E-state index in [2.05, 4.69) is 20.3 Å². The molecule has 0 unspecified atom stereocenters. The highest BCUT2D eigenvalue weighted by Crippen LogP contribution is 2.21. The van der Waals surface area contributed by atoms with Gasteiger partial charge >= 0.3 is 0 Å². The predicted octanol–water partition coefficient (Wildman–Crippen LogP) is 3.08. The lowest BCUT2D eigenvalue weighted by Gasteiger charge is -2.22. The molecular formula is C14H18N4. The summed E-state index contributed by atoms with van der Waals surface area (Å²) in [5.41, 5.74) is 2.10. The molecule has 1 aliphatic rings. The number of rotatable bonds is 2. The van der Waals surface area contributed by atoms with Gasteiger partial charge in [-0.2, -0.15) is 0 Å². The molecule has 1 fully saturated rings. The van der Waals surface area contributed by atoms with Crippen molar-refractivity contribution in [2.45, 2.75) is 45.1 Å². The van der Waals surface area contributed by atoms with Crippen LogP contribution in [0.15, 0.2) is 18.6 Å². The van der Waals surface area contributed by atoms with E-state index in [1.807, 2.05) is 25.5 Å². The van der Waals surface area contributed by atoms with Gasteiger partial charge in [-0.25, -0.2) is 9.97 Å². The van der Waals surface area contributed by atoms with E-state index in [9.17, 15) is 0 Å². The summed E-state index contributed by atoms with van der Waals surface area (Å²) in [6.07, 6.45) is 12.0. The number of hydrogen-bond acceptors (Lipinski definition) is 4. The first-order chi connectivity index (χ1) is 8.83. The van der Waals surface area contributed by atoms with Crippen LogP contribution in [0.25, 0.3) is 10.9 Å². The van der Waals surface area contributed by atoms with Crippen molar-refractivity contribution in [2.75, 3.05) is 5.32 Å². The Labute approximate surface area is 107 Å². The molecule has 4 nitrogen and oxygen atoms in total. The number of nitrogens with one attached hydrogen (secondary N) is 1. The zero-order chi connectivity index (χ0) is 12.4. The molecule has 18 heavy (non-hydrogen) atoms. The molecule has 0 saturated heterocycles. The van der Waals surface area contributed by atoms with Gasteiger partial charge in [-0.1, -0.05) is 19.3 Å². The van der Waals surface area contributed by atoms with Crippen molar-refractivity contribution in [3.63, 3.8) is 0 Å². The second-order valence-electron chi connectivity index (χ2n) is 5.07. The molecule has 0 radical (unpaired) electrons. The molecule has 3 rings (SSSR count). The molecule has 0 bridgehead atoms. The number of pyridine rings is 1. The number of anilines is 1. The van der Waals surface area contributed by atoms with E-state index in [0.29, 0.717) is 6.04 Å². The van der Waals surface area contributed by atoms with E-state index in [0.717, 1.165) is 22.4 Å². The largest absolute Gasteiger partial charge is 0.351 e. The number of aromatic nitrogens is 3. The maximum atomic E-state index is 4.61. The summed E-state index contributed by atoms with van der Waals surface area (Å²) in [6, 6.07) is 0.540. The van der Waals surface area contributed by atoms with Crippen molar-refractivity contribution in [1.82, 2.24) is 15.0 Å². The average Bonchev–Trinajstić information content (AvgIpc) is 2.41. The fraction of sp³-hybridized carbons (Fsp3) is 0.500. The summed E-state index contributed by atoms with van der Waals surface area (Å²) in [6.45, 7) is 2.03. The van der Waals surface area contributed by atoms with Gasteiger partial charge in [0.25, 0.3) is 0 Å². The SMILES string of the molecule is Cc1cncc2cnc(NC3CCCCC3)nc12. The van der Waals surface area contributed by atoms with Crippen LogP contribution < -0.4 is 5.32 Å². The summed E-state index contributed by atoms with van der Waals surface area (Å²) < 4.78 is 0. The minimum Gasteiger partial charge on any atom is -0.351 e. The Hall–Kier alpha value is -1.71. The Bertz CT molecular complexity index is 546. The fourth-order valence-corrected chi connectivity index (χ4v) is 2.59. The molecule has 94 valence electrons. The van der Waals surface area contributed by atoms with Crippen LogP contribution >= 0.6 is 0 Å². The first-order valence-corrected chi connectivity index (χ1v) is 6.67. The second kappa shape index (κ2) is 4.88. The minimum absolute atomic E-state index is 0.540. The molecule has 0 aromatic carbocycles. The molecule has 0 amide bonds. The highest BCUT2D eigenvalue weighted by molar-refractivity contribution is 5.80. The Balaban J connectivity index is 1.86. The summed E-state index contributed by atoms with van der Waals surface area (Å²) in [4.78, 5) is 13.1. The third kappa shape index (κ3) is 2.28. The Morgan fingerprint density at radius 1 is 1.11 bits per heavy atom. The van der Waals surface area contributed by atoms with Gasteiger partial charge in [0, 0.05) is 30.0 Å². The molecule has 1 N–H and O–H groups in total. The summed E-state index contributed by atoms with van der Waals surface area (Å²) in [5, 5.41) is 4.46. The van der Waals surface area contributed by atoms with Crippen LogP contribution in [0.5, 0.6) is 0 Å². The molecule has 0 atom stereocenters. The fourth-order valence-electron chi connectivity index (χ4n) is 2.59. The maximum absolute atomic E-state index is 4.61. The molecule has 2 heterocycles. The van der Waals surface area contributed by atoms with Crippen molar-refractivity contribution >= 4 is 16.9 Å². The Morgan fingerprint density at radius 2 is 1.94 bits per heavy atom. The van der Waals surface area contributed by atoms with Crippen molar-refractivity contribution in [3.05, 3.63) is 24.2 Å². The topological polar surface area (TPSA) is 50.7 Å². The lowest BCUT2D eigenvalue weighted by atomic mass is 9.96. The minimum atomic E-state index is 0.540. The molecule has 2 aromatic rings. The quantitative estimate of drug-likeness (QED) is 0.879. The Kier molecular flexibility index (Phi) is 3.09. The van der Waals surface area contributed by atoms with Crippen LogP contribution in [0.1, 0.15) is 37.7 Å². The smallest absolute Gasteiger partial charge is 0.223 e. The highest BCUT2D eigenvalue weighted by Gasteiger charge is 2.14. The van der Waals surface area contributed by atoms with Gasteiger partial charge in [0.15, 0.2) is 0 Å². The molecule has 4 heteroatoms. The van der Waals surface area contributed by atoms with Crippen LogP contribution in [0, 0.1) is 6.92 Å². The van der Waals surface area contributed by atoms with Crippen LogP contribution in [-0.2, 0) is 0 Å². The second-order valence-corrected chi connectivity index (χ2v) is 5.07. The average molecular weight is 242 g/mol. The third-order valence-corrected chi connectivity index (χ3v) is 3.61. The van der Waals surface area contributed by atoms with Crippen LogP contribution in [-0.4, -0.2) is 21.0 Å². The standard InChI is InChI=1S/C14H18N4/c1-10-7-15-8-11-9-16-14(18-13(10)11)17-12-5-3-2-4-6-12/h7-9,12H,2-6H2,1H3,(H,16,17,18). The normalized spacial score (nSPS) is 16.9. The Morgan fingerprint density at radius 3 is 2.78 bits per heavy atom. The van der Waals surface area contributed by atoms with Crippen molar-refractivity contribution in [3.8, 4) is 0 Å². The maximum Gasteiger partial charge on any atom is 0.223 e. The van der Waals surface area contributed by atoms with E-state index < -0.39 is 0 Å². The summed E-state index contributed by atoms with van der Waals surface area (Å²) in [5.74, 6) is 0.753. The van der Waals surface area contributed by atoms with Crippen LogP contribution in [0.2, 0.25) is 0 Å². The van der Waals surface area contributed by atoms with Gasteiger partial charge in [-0.3, -0.25) is 4.98 Å². The van der Waals surface area contributed by atoms with E-state index >= 15 is 0 Å². The summed E-state index contributed by atoms with van der Waals surface area (Å²) >= 11 is 0. The van der Waals surface area contributed by atoms with E-state index in [-0.39, 0.29) is 0 Å². The third-order valence-electron chi connectivity index (χ3n) is 3.61. The molecule has 1 aliphatic carbocycles. The lowest BCUT2D eigenvalue weighted by molar-refractivity contribution is 0.461.